The number of amides is 1. The molecule has 0 bridgehead atoms. The van der Waals surface area contributed by atoms with E-state index in [0.717, 1.165) is 18.9 Å². The summed E-state index contributed by atoms with van der Waals surface area (Å²) in [5.41, 5.74) is 0. The zero-order valence-corrected chi connectivity index (χ0v) is 11.3. The van der Waals surface area contributed by atoms with E-state index in [2.05, 4.69) is 0 Å². The number of rotatable bonds is 6. The van der Waals surface area contributed by atoms with Crippen LogP contribution in [0.4, 0.5) is 4.39 Å². The first-order chi connectivity index (χ1) is 9.47. The largest absolute Gasteiger partial charge is 0.482 e. The molecule has 1 aromatic carbocycles. The van der Waals surface area contributed by atoms with Crippen molar-refractivity contribution in [2.75, 3.05) is 13.2 Å². The Hall–Kier alpha value is -1.82. The molecule has 1 aromatic rings. The van der Waals surface area contributed by atoms with Crippen LogP contribution in [-0.4, -0.2) is 41.1 Å². The van der Waals surface area contributed by atoms with Crippen LogP contribution in [0.5, 0.6) is 5.75 Å². The fraction of sp³-hybridized carbons (Fsp3) is 0.385. The molecule has 1 aliphatic rings. The normalized spacial score (nSPS) is 13.9. The number of carbonyl (C=O) groups excluding carboxylic acids is 1. The third kappa shape index (κ3) is 3.84. The Balaban J connectivity index is 1.94. The quantitative estimate of drug-likeness (QED) is 0.872. The van der Waals surface area contributed by atoms with Gasteiger partial charge in [-0.25, -0.2) is 4.39 Å². The monoisotopic (exact) mass is 301 g/mol. The molecule has 0 unspecified atom stereocenters. The molecule has 1 saturated carbocycles. The first-order valence-electron chi connectivity index (χ1n) is 6.06. The summed E-state index contributed by atoms with van der Waals surface area (Å²) in [6, 6.07) is 3.55. The average Bonchev–Trinajstić information content (AvgIpc) is 3.18. The van der Waals surface area contributed by atoms with Gasteiger partial charge in [-0.3, -0.25) is 9.59 Å². The standard InChI is InChI=1S/C13H13ClFNO4/c14-10-5-8(15)1-4-11(10)20-7-12(17)16(6-13(18)19)9-2-3-9/h1,4-5,9H,2-3,6-7H2,(H,18,19). The zero-order valence-electron chi connectivity index (χ0n) is 10.5. The zero-order chi connectivity index (χ0) is 14.7. The molecule has 1 aliphatic carbocycles. The Morgan fingerprint density at radius 2 is 2.15 bits per heavy atom. The van der Waals surface area contributed by atoms with Crippen LogP contribution >= 0.6 is 11.6 Å². The third-order valence-electron chi connectivity index (χ3n) is 2.86. The van der Waals surface area contributed by atoms with Crippen molar-refractivity contribution in [3.8, 4) is 5.75 Å². The Kier molecular flexibility index (Phi) is 4.44. The van der Waals surface area contributed by atoms with Gasteiger partial charge in [-0.05, 0) is 31.0 Å². The van der Waals surface area contributed by atoms with Crippen LogP contribution in [0.1, 0.15) is 12.8 Å². The maximum atomic E-state index is 12.9. The molecule has 20 heavy (non-hydrogen) atoms. The number of benzene rings is 1. The maximum absolute atomic E-state index is 12.9. The first kappa shape index (κ1) is 14.6. The van der Waals surface area contributed by atoms with Crippen LogP contribution in [0.15, 0.2) is 18.2 Å². The number of nitrogens with zero attached hydrogens (tertiary/aromatic N) is 1. The summed E-state index contributed by atoms with van der Waals surface area (Å²) in [6.45, 7) is -0.668. The number of hydrogen-bond acceptors (Lipinski definition) is 3. The van der Waals surface area contributed by atoms with Crippen LogP contribution in [0.25, 0.3) is 0 Å². The molecule has 1 N–H and O–H groups in total. The van der Waals surface area contributed by atoms with E-state index in [1.807, 2.05) is 0 Å². The molecule has 1 fully saturated rings. The van der Waals surface area contributed by atoms with Crippen molar-refractivity contribution < 1.29 is 23.8 Å². The fourth-order valence-electron chi connectivity index (χ4n) is 1.77. The second-order valence-corrected chi connectivity index (χ2v) is 4.92. The molecule has 0 spiro atoms. The number of halogens is 2. The number of carbonyl (C=O) groups is 2. The lowest BCUT2D eigenvalue weighted by atomic mass is 10.3. The average molecular weight is 302 g/mol. The van der Waals surface area contributed by atoms with Crippen LogP contribution in [0, 0.1) is 5.82 Å². The smallest absolute Gasteiger partial charge is 0.323 e. The summed E-state index contributed by atoms with van der Waals surface area (Å²) in [5, 5.41) is 8.84. The van der Waals surface area contributed by atoms with Crippen molar-refractivity contribution >= 4 is 23.5 Å². The van der Waals surface area contributed by atoms with Crippen LogP contribution < -0.4 is 4.74 Å². The minimum atomic E-state index is -1.06. The maximum Gasteiger partial charge on any atom is 0.323 e. The van der Waals surface area contributed by atoms with Crippen molar-refractivity contribution in [3.05, 3.63) is 29.0 Å². The van der Waals surface area contributed by atoms with Gasteiger partial charge in [0.2, 0.25) is 0 Å². The summed E-state index contributed by atoms with van der Waals surface area (Å²) in [4.78, 5) is 23.9. The van der Waals surface area contributed by atoms with Crippen molar-refractivity contribution in [3.63, 3.8) is 0 Å². The highest BCUT2D eigenvalue weighted by molar-refractivity contribution is 6.32. The summed E-state index contributed by atoms with van der Waals surface area (Å²) >= 11 is 5.77. The molecular weight excluding hydrogens is 289 g/mol. The van der Waals surface area contributed by atoms with Gasteiger partial charge < -0.3 is 14.7 Å². The molecular formula is C13H13ClFNO4. The minimum absolute atomic E-state index is 0.0223. The summed E-state index contributed by atoms with van der Waals surface area (Å²) in [5.74, 6) is -1.80. The van der Waals surface area contributed by atoms with E-state index in [4.69, 9.17) is 21.4 Å². The van der Waals surface area contributed by atoms with Gasteiger partial charge in [0, 0.05) is 6.04 Å². The van der Waals surface area contributed by atoms with Gasteiger partial charge >= 0.3 is 5.97 Å². The molecule has 0 heterocycles. The Labute approximate surface area is 119 Å². The summed E-state index contributed by atoms with van der Waals surface area (Å²) in [7, 11) is 0. The van der Waals surface area contributed by atoms with Crippen LogP contribution in [-0.2, 0) is 9.59 Å². The van der Waals surface area contributed by atoms with Crippen molar-refractivity contribution in [2.45, 2.75) is 18.9 Å². The molecule has 0 atom stereocenters. The number of aliphatic carboxylic acids is 1. The highest BCUT2D eigenvalue weighted by Crippen LogP contribution is 2.28. The second kappa shape index (κ2) is 6.09. The van der Waals surface area contributed by atoms with E-state index in [9.17, 15) is 14.0 Å². The SMILES string of the molecule is O=C(O)CN(C(=O)COc1ccc(F)cc1Cl)C1CC1. The lowest BCUT2D eigenvalue weighted by Gasteiger charge is -2.20. The van der Waals surface area contributed by atoms with Crippen LogP contribution in [0.2, 0.25) is 5.02 Å². The molecule has 5 nitrogen and oxygen atoms in total. The van der Waals surface area contributed by atoms with Gasteiger partial charge in [0.15, 0.2) is 6.61 Å². The summed E-state index contributed by atoms with van der Waals surface area (Å²) in [6.07, 6.45) is 1.60. The minimum Gasteiger partial charge on any atom is -0.482 e. The van der Waals surface area contributed by atoms with Gasteiger partial charge in [-0.2, -0.15) is 0 Å². The molecule has 2 rings (SSSR count). The highest BCUT2D eigenvalue weighted by atomic mass is 35.5. The predicted molar refractivity (Wildman–Crippen MR) is 69.3 cm³/mol. The summed E-state index contributed by atoms with van der Waals surface area (Å²) < 4.78 is 18.1. The number of carboxylic acid groups (broad SMARTS) is 1. The van der Waals surface area contributed by atoms with E-state index in [1.165, 1.54) is 17.0 Å². The van der Waals surface area contributed by atoms with Crippen molar-refractivity contribution in [1.82, 2.24) is 4.90 Å². The molecule has 0 aromatic heterocycles. The molecule has 0 aliphatic heterocycles. The molecule has 0 radical (unpaired) electrons. The van der Waals surface area contributed by atoms with Gasteiger partial charge in [0.05, 0.1) is 5.02 Å². The van der Waals surface area contributed by atoms with E-state index >= 15 is 0 Å². The van der Waals surface area contributed by atoms with Crippen molar-refractivity contribution in [2.24, 2.45) is 0 Å². The van der Waals surface area contributed by atoms with Gasteiger partial charge in [0.1, 0.15) is 18.1 Å². The molecule has 1 amide bonds. The highest BCUT2D eigenvalue weighted by Gasteiger charge is 2.33. The molecule has 0 saturated heterocycles. The topological polar surface area (TPSA) is 66.8 Å². The Morgan fingerprint density at radius 3 is 2.70 bits per heavy atom. The fourth-order valence-corrected chi connectivity index (χ4v) is 1.99. The van der Waals surface area contributed by atoms with E-state index < -0.39 is 17.7 Å². The van der Waals surface area contributed by atoms with Crippen LogP contribution in [0.3, 0.4) is 0 Å². The molecule has 7 heteroatoms. The second-order valence-electron chi connectivity index (χ2n) is 4.51. The number of ether oxygens (including phenoxy) is 1. The van der Waals surface area contributed by atoms with Gasteiger partial charge in [-0.1, -0.05) is 11.6 Å². The lowest BCUT2D eigenvalue weighted by molar-refractivity contribution is -0.145. The number of hydrogen-bond donors (Lipinski definition) is 1. The first-order valence-corrected chi connectivity index (χ1v) is 6.44. The number of carboxylic acids is 1. The Bertz CT molecular complexity index is 533. The van der Waals surface area contributed by atoms with Gasteiger partial charge in [-0.15, -0.1) is 0 Å². The van der Waals surface area contributed by atoms with Crippen molar-refractivity contribution in [1.29, 1.82) is 0 Å². The predicted octanol–water partition coefficient (Wildman–Crippen LogP) is 1.93. The molecule has 108 valence electrons. The van der Waals surface area contributed by atoms with E-state index in [-0.39, 0.29) is 30.0 Å². The van der Waals surface area contributed by atoms with E-state index in [1.54, 1.807) is 0 Å². The Morgan fingerprint density at radius 1 is 1.45 bits per heavy atom. The van der Waals surface area contributed by atoms with E-state index in [0.29, 0.717) is 0 Å². The third-order valence-corrected chi connectivity index (χ3v) is 3.15. The lowest BCUT2D eigenvalue weighted by Crippen LogP contribution is -2.40. The van der Waals surface area contributed by atoms with Gasteiger partial charge in [0.25, 0.3) is 5.91 Å².